The number of Topliss-reactive ketones (excluding diaryl/α,β-unsaturated/α-hetero) is 1. The summed E-state index contributed by atoms with van der Waals surface area (Å²) in [5.41, 5.74) is 6.27. The highest BCUT2D eigenvalue weighted by Gasteiger charge is 2.45. The summed E-state index contributed by atoms with van der Waals surface area (Å²) in [5, 5.41) is 21.6. The van der Waals surface area contributed by atoms with Crippen molar-refractivity contribution in [3.8, 4) is 6.07 Å². The molecule has 0 radical (unpaired) electrons. The Hall–Kier alpha value is -4.91. The average molecular weight is 531 g/mol. The van der Waals surface area contributed by atoms with E-state index in [1.54, 1.807) is 6.07 Å². The minimum atomic E-state index is -4.74. The van der Waals surface area contributed by atoms with Gasteiger partial charge in [0.2, 0.25) is 0 Å². The molecule has 196 valence electrons. The van der Waals surface area contributed by atoms with Gasteiger partial charge in [-0.05, 0) is 35.6 Å². The van der Waals surface area contributed by atoms with Gasteiger partial charge in [-0.15, -0.1) is 0 Å². The van der Waals surface area contributed by atoms with E-state index in [-0.39, 0.29) is 64.1 Å². The average Bonchev–Trinajstić information content (AvgIpc) is 2.92. The molecule has 0 bridgehead atoms. The Morgan fingerprint density at radius 3 is 2.31 bits per heavy atom. The molecule has 1 aliphatic heterocycles. The van der Waals surface area contributed by atoms with Gasteiger partial charge in [0.1, 0.15) is 5.82 Å². The van der Waals surface area contributed by atoms with Crippen molar-refractivity contribution in [3.63, 3.8) is 0 Å². The van der Waals surface area contributed by atoms with Gasteiger partial charge in [-0.2, -0.15) is 18.4 Å². The third-order valence-electron chi connectivity index (χ3n) is 7.10. The quantitative estimate of drug-likeness (QED) is 0.312. The zero-order valence-electron chi connectivity index (χ0n) is 20.4. The van der Waals surface area contributed by atoms with Gasteiger partial charge in [0, 0.05) is 29.8 Å². The van der Waals surface area contributed by atoms with E-state index in [0.717, 1.165) is 16.5 Å². The molecule has 0 aromatic heterocycles. The van der Waals surface area contributed by atoms with Gasteiger partial charge in [0.25, 0.3) is 5.69 Å². The fourth-order valence-electron chi connectivity index (χ4n) is 5.43. The molecule has 3 aromatic rings. The molecule has 1 heterocycles. The molecule has 5 rings (SSSR count). The van der Waals surface area contributed by atoms with Gasteiger partial charge in [-0.25, -0.2) is 0 Å². The molecule has 0 fully saturated rings. The highest BCUT2D eigenvalue weighted by Crippen LogP contribution is 2.51. The molecule has 0 saturated carbocycles. The molecule has 3 aromatic carbocycles. The van der Waals surface area contributed by atoms with E-state index in [0.29, 0.717) is 0 Å². The Balaban J connectivity index is 1.78. The lowest BCUT2D eigenvalue weighted by Crippen LogP contribution is -2.40. The number of rotatable bonds is 4. The zero-order chi connectivity index (χ0) is 27.9. The maximum Gasteiger partial charge on any atom is 0.418 e. The van der Waals surface area contributed by atoms with E-state index >= 15 is 0 Å². The standard InChI is InChI=1S/C29H21F3N4O3/c30-29(31,32)22-11-4-5-12-23(22)35-24-14-19(17-7-2-1-3-8-17)15-25(37)27(24)26(21(16-33)28(35)34)18-9-6-10-20(13-18)36(38)39/h1-13,19,26H,14-15,34H2/t19-,26-/m1/s1. The lowest BCUT2D eigenvalue weighted by atomic mass is 9.71. The second-order valence-corrected chi connectivity index (χ2v) is 9.35. The maximum absolute atomic E-state index is 14.1. The monoisotopic (exact) mass is 530 g/mol. The number of non-ortho nitro benzene ring substituents is 1. The third-order valence-corrected chi connectivity index (χ3v) is 7.10. The molecule has 1 aliphatic carbocycles. The Morgan fingerprint density at radius 1 is 0.974 bits per heavy atom. The number of nitro groups is 1. The number of nitrogens with zero attached hydrogens (tertiary/aromatic N) is 3. The Morgan fingerprint density at radius 2 is 1.64 bits per heavy atom. The second-order valence-electron chi connectivity index (χ2n) is 9.35. The second kappa shape index (κ2) is 9.76. The number of hydrogen-bond donors (Lipinski definition) is 1. The molecule has 10 heteroatoms. The summed E-state index contributed by atoms with van der Waals surface area (Å²) in [7, 11) is 0. The number of anilines is 1. The van der Waals surface area contributed by atoms with E-state index in [1.165, 1.54) is 36.4 Å². The predicted octanol–water partition coefficient (Wildman–Crippen LogP) is 6.31. The van der Waals surface area contributed by atoms with Crippen LogP contribution in [0.4, 0.5) is 24.5 Å². The van der Waals surface area contributed by atoms with Crippen molar-refractivity contribution < 1.29 is 22.9 Å². The predicted molar refractivity (Wildman–Crippen MR) is 137 cm³/mol. The number of para-hydroxylation sites is 1. The molecule has 39 heavy (non-hydrogen) atoms. The number of nitro benzene ring substituents is 1. The van der Waals surface area contributed by atoms with Crippen LogP contribution in [0.2, 0.25) is 0 Å². The number of nitrogens with two attached hydrogens (primary N) is 1. The number of carbonyl (C=O) groups is 1. The number of alkyl halides is 3. The first kappa shape index (κ1) is 25.7. The van der Waals surface area contributed by atoms with Crippen molar-refractivity contribution >= 4 is 17.2 Å². The highest BCUT2D eigenvalue weighted by molar-refractivity contribution is 6.02. The minimum absolute atomic E-state index is 0.0572. The smallest absolute Gasteiger partial charge is 0.384 e. The van der Waals surface area contributed by atoms with Crippen molar-refractivity contribution in [1.29, 1.82) is 5.26 Å². The zero-order valence-corrected chi connectivity index (χ0v) is 20.4. The molecule has 0 unspecified atom stereocenters. The van der Waals surface area contributed by atoms with Gasteiger partial charge >= 0.3 is 6.18 Å². The fraction of sp³-hybridized carbons (Fsp3) is 0.172. The number of halogens is 3. The van der Waals surface area contributed by atoms with Crippen LogP contribution in [-0.4, -0.2) is 10.7 Å². The molecule has 0 amide bonds. The van der Waals surface area contributed by atoms with Crippen molar-refractivity contribution in [2.75, 3.05) is 4.90 Å². The van der Waals surface area contributed by atoms with Crippen LogP contribution in [-0.2, 0) is 11.0 Å². The molecule has 0 saturated heterocycles. The van der Waals surface area contributed by atoms with Gasteiger partial charge in [-0.1, -0.05) is 54.6 Å². The summed E-state index contributed by atoms with van der Waals surface area (Å²) < 4.78 is 42.4. The number of nitriles is 1. The number of benzene rings is 3. The number of allylic oxidation sites excluding steroid dienone is 3. The molecule has 0 spiro atoms. The van der Waals surface area contributed by atoms with E-state index in [2.05, 4.69) is 0 Å². The van der Waals surface area contributed by atoms with Crippen LogP contribution in [0.25, 0.3) is 0 Å². The maximum atomic E-state index is 14.1. The van der Waals surface area contributed by atoms with Crippen molar-refractivity contribution in [3.05, 3.63) is 128 Å². The summed E-state index contributed by atoms with van der Waals surface area (Å²) in [6.07, 6.45) is -4.51. The lowest BCUT2D eigenvalue weighted by molar-refractivity contribution is -0.384. The van der Waals surface area contributed by atoms with Crippen molar-refractivity contribution in [1.82, 2.24) is 0 Å². The highest BCUT2D eigenvalue weighted by atomic mass is 19.4. The summed E-state index contributed by atoms with van der Waals surface area (Å²) in [4.78, 5) is 25.9. The Labute approximate surface area is 221 Å². The van der Waals surface area contributed by atoms with Crippen molar-refractivity contribution in [2.45, 2.75) is 30.9 Å². The van der Waals surface area contributed by atoms with Gasteiger partial charge in [0.05, 0.1) is 33.7 Å². The number of ketones is 1. The lowest BCUT2D eigenvalue weighted by Gasteiger charge is -2.42. The van der Waals surface area contributed by atoms with Crippen LogP contribution in [0.5, 0.6) is 0 Å². The molecule has 2 N–H and O–H groups in total. The van der Waals surface area contributed by atoms with E-state index < -0.39 is 22.6 Å². The number of carbonyl (C=O) groups excluding carboxylic acids is 1. The van der Waals surface area contributed by atoms with E-state index in [9.17, 15) is 33.3 Å². The summed E-state index contributed by atoms with van der Waals surface area (Å²) in [6.45, 7) is 0. The summed E-state index contributed by atoms with van der Waals surface area (Å²) >= 11 is 0. The van der Waals surface area contributed by atoms with Crippen LogP contribution >= 0.6 is 0 Å². The SMILES string of the molecule is N#CC1=C(N)N(c2ccccc2C(F)(F)F)C2=C(C(=O)C[C@H](c3ccccc3)C2)[C@@H]1c1cccc([N+](=O)[O-])c1. The van der Waals surface area contributed by atoms with Gasteiger partial charge < -0.3 is 5.73 Å². The first-order valence-corrected chi connectivity index (χ1v) is 12.0. The molecular weight excluding hydrogens is 509 g/mol. The fourth-order valence-corrected chi connectivity index (χ4v) is 5.43. The van der Waals surface area contributed by atoms with Crippen LogP contribution in [0.3, 0.4) is 0 Å². The first-order valence-electron chi connectivity index (χ1n) is 12.0. The van der Waals surface area contributed by atoms with E-state index in [4.69, 9.17) is 5.73 Å². The Kier molecular flexibility index (Phi) is 6.44. The third kappa shape index (κ3) is 4.52. The minimum Gasteiger partial charge on any atom is -0.384 e. The topological polar surface area (TPSA) is 113 Å². The van der Waals surface area contributed by atoms with Gasteiger partial charge in [-0.3, -0.25) is 19.8 Å². The van der Waals surface area contributed by atoms with E-state index in [1.807, 2.05) is 36.4 Å². The molecule has 2 atom stereocenters. The van der Waals surface area contributed by atoms with Crippen LogP contribution in [0.15, 0.2) is 102 Å². The van der Waals surface area contributed by atoms with Crippen LogP contribution < -0.4 is 10.6 Å². The normalized spacial score (nSPS) is 19.5. The van der Waals surface area contributed by atoms with Crippen LogP contribution in [0.1, 0.15) is 41.4 Å². The molecule has 2 aliphatic rings. The van der Waals surface area contributed by atoms with Gasteiger partial charge in [0.15, 0.2) is 5.78 Å². The van der Waals surface area contributed by atoms with Crippen LogP contribution in [0, 0.1) is 21.4 Å². The molecule has 7 nitrogen and oxygen atoms in total. The Bertz CT molecular complexity index is 1590. The van der Waals surface area contributed by atoms with Crippen molar-refractivity contribution in [2.24, 2.45) is 5.73 Å². The first-order chi connectivity index (χ1) is 18.6. The summed E-state index contributed by atoms with van der Waals surface area (Å²) in [5.74, 6) is -2.04. The number of hydrogen-bond acceptors (Lipinski definition) is 6. The largest absolute Gasteiger partial charge is 0.418 e. The summed E-state index contributed by atoms with van der Waals surface area (Å²) in [6, 6.07) is 21.5. The molecular formula is C29H21F3N4O3.